The number of hydrogen-bond acceptors (Lipinski definition) is 5. The highest BCUT2D eigenvalue weighted by Gasteiger charge is 2.14. The number of hydrogen-bond donors (Lipinski definition) is 1. The van der Waals surface area contributed by atoms with Gasteiger partial charge in [-0.05, 0) is 56.3 Å². The van der Waals surface area contributed by atoms with Gasteiger partial charge in [-0.1, -0.05) is 6.07 Å². The van der Waals surface area contributed by atoms with Crippen molar-refractivity contribution in [1.82, 2.24) is 4.57 Å². The number of methoxy groups -OCH3 is 2. The van der Waals surface area contributed by atoms with Gasteiger partial charge >= 0.3 is 5.97 Å². The summed E-state index contributed by atoms with van der Waals surface area (Å²) >= 11 is 0. The molecule has 7 heteroatoms. The average Bonchev–Trinajstić information content (AvgIpc) is 3.10. The van der Waals surface area contributed by atoms with Gasteiger partial charge in [0, 0.05) is 23.1 Å². The van der Waals surface area contributed by atoms with Crippen LogP contribution in [0.3, 0.4) is 0 Å². The van der Waals surface area contributed by atoms with Crippen LogP contribution in [0.15, 0.2) is 54.6 Å². The monoisotopic (exact) mass is 408 g/mol. The van der Waals surface area contributed by atoms with E-state index in [1.54, 1.807) is 36.4 Å². The first-order chi connectivity index (χ1) is 14.4. The number of rotatable bonds is 7. The molecule has 0 radical (unpaired) electrons. The molecular formula is C23H24N2O5. The van der Waals surface area contributed by atoms with Crippen LogP contribution in [0.2, 0.25) is 0 Å². The number of benzene rings is 2. The fourth-order valence-corrected chi connectivity index (χ4v) is 3.16. The predicted molar refractivity (Wildman–Crippen MR) is 114 cm³/mol. The lowest BCUT2D eigenvalue weighted by Gasteiger charge is -2.12. The van der Waals surface area contributed by atoms with E-state index in [1.165, 1.54) is 14.2 Å². The summed E-state index contributed by atoms with van der Waals surface area (Å²) in [6, 6.07) is 16.1. The van der Waals surface area contributed by atoms with E-state index in [4.69, 9.17) is 14.2 Å². The lowest BCUT2D eigenvalue weighted by Crippen LogP contribution is -2.21. The predicted octanol–water partition coefficient (Wildman–Crippen LogP) is 3.91. The van der Waals surface area contributed by atoms with Crippen LogP contribution in [-0.2, 0) is 9.53 Å². The van der Waals surface area contributed by atoms with Crippen molar-refractivity contribution < 1.29 is 23.8 Å². The fourth-order valence-electron chi connectivity index (χ4n) is 3.16. The maximum absolute atomic E-state index is 12.5. The minimum atomic E-state index is -0.577. The molecule has 3 aromatic rings. The molecule has 3 rings (SSSR count). The Morgan fingerprint density at radius 2 is 1.67 bits per heavy atom. The third kappa shape index (κ3) is 4.63. The maximum Gasteiger partial charge on any atom is 0.338 e. The number of nitrogens with one attached hydrogen (secondary N) is 1. The van der Waals surface area contributed by atoms with Crippen molar-refractivity contribution in [2.45, 2.75) is 13.8 Å². The SMILES string of the molecule is COc1ccc(OC)c(NC(=O)COC(=O)c2cccc(-n3c(C)ccc3C)c2)c1. The van der Waals surface area contributed by atoms with Gasteiger partial charge < -0.3 is 24.1 Å². The van der Waals surface area contributed by atoms with E-state index in [1.807, 2.05) is 36.6 Å². The molecule has 1 N–H and O–H groups in total. The van der Waals surface area contributed by atoms with Gasteiger partial charge in [0.2, 0.25) is 0 Å². The highest BCUT2D eigenvalue weighted by atomic mass is 16.5. The zero-order valence-electron chi connectivity index (χ0n) is 17.4. The van der Waals surface area contributed by atoms with Crippen molar-refractivity contribution in [2.75, 3.05) is 26.1 Å². The van der Waals surface area contributed by atoms with Crippen LogP contribution in [-0.4, -0.2) is 37.3 Å². The third-order valence-electron chi connectivity index (χ3n) is 4.63. The van der Waals surface area contributed by atoms with Gasteiger partial charge in [-0.15, -0.1) is 0 Å². The molecule has 2 aromatic carbocycles. The number of ether oxygens (including phenoxy) is 3. The molecule has 0 bridgehead atoms. The van der Waals surface area contributed by atoms with Crippen molar-refractivity contribution in [3.05, 3.63) is 71.5 Å². The van der Waals surface area contributed by atoms with Crippen LogP contribution < -0.4 is 14.8 Å². The number of aryl methyl sites for hydroxylation is 2. The molecule has 1 heterocycles. The van der Waals surface area contributed by atoms with E-state index in [0.29, 0.717) is 22.7 Å². The van der Waals surface area contributed by atoms with Gasteiger partial charge in [0.15, 0.2) is 6.61 Å². The second-order valence-electron chi connectivity index (χ2n) is 6.69. The Labute approximate surface area is 175 Å². The van der Waals surface area contributed by atoms with Crippen molar-refractivity contribution in [2.24, 2.45) is 0 Å². The fraction of sp³-hybridized carbons (Fsp3) is 0.217. The summed E-state index contributed by atoms with van der Waals surface area (Å²) in [7, 11) is 3.03. The molecule has 0 saturated heterocycles. The van der Waals surface area contributed by atoms with Crippen LogP contribution in [0, 0.1) is 13.8 Å². The third-order valence-corrected chi connectivity index (χ3v) is 4.63. The topological polar surface area (TPSA) is 78.8 Å². The van der Waals surface area contributed by atoms with Gasteiger partial charge in [0.25, 0.3) is 5.91 Å². The first-order valence-electron chi connectivity index (χ1n) is 9.37. The van der Waals surface area contributed by atoms with Gasteiger partial charge in [0.05, 0.1) is 25.5 Å². The second-order valence-corrected chi connectivity index (χ2v) is 6.69. The van der Waals surface area contributed by atoms with E-state index in [-0.39, 0.29) is 0 Å². The van der Waals surface area contributed by atoms with Gasteiger partial charge in [-0.2, -0.15) is 0 Å². The Hall–Kier alpha value is -3.74. The smallest absolute Gasteiger partial charge is 0.338 e. The Balaban J connectivity index is 1.66. The van der Waals surface area contributed by atoms with E-state index in [2.05, 4.69) is 5.32 Å². The number of aromatic nitrogens is 1. The Bertz CT molecular complexity index is 1050. The summed E-state index contributed by atoms with van der Waals surface area (Å²) in [5.74, 6) is -0.0219. The molecule has 0 atom stereocenters. The number of amides is 1. The van der Waals surface area contributed by atoms with Crippen LogP contribution in [0.5, 0.6) is 11.5 Å². The van der Waals surface area contributed by atoms with Crippen molar-refractivity contribution in [3.63, 3.8) is 0 Å². The summed E-state index contributed by atoms with van der Waals surface area (Å²) in [4.78, 5) is 24.7. The molecule has 156 valence electrons. The van der Waals surface area contributed by atoms with Crippen molar-refractivity contribution in [1.29, 1.82) is 0 Å². The molecule has 1 amide bonds. The van der Waals surface area contributed by atoms with E-state index < -0.39 is 18.5 Å². The van der Waals surface area contributed by atoms with Crippen molar-refractivity contribution >= 4 is 17.6 Å². The summed E-state index contributed by atoms with van der Waals surface area (Å²) < 4.78 is 17.6. The number of anilines is 1. The molecule has 0 saturated carbocycles. The summed E-state index contributed by atoms with van der Waals surface area (Å²) in [6.07, 6.45) is 0. The first kappa shape index (κ1) is 21.0. The zero-order valence-corrected chi connectivity index (χ0v) is 17.4. The number of esters is 1. The molecule has 0 unspecified atom stereocenters. The van der Waals surface area contributed by atoms with Crippen LogP contribution in [0.4, 0.5) is 5.69 Å². The molecule has 0 spiro atoms. The quantitative estimate of drug-likeness (QED) is 0.600. The summed E-state index contributed by atoms with van der Waals surface area (Å²) in [5, 5.41) is 2.67. The molecular weight excluding hydrogens is 384 g/mol. The molecule has 0 aliphatic heterocycles. The highest BCUT2D eigenvalue weighted by molar-refractivity contribution is 5.96. The Kier molecular flexibility index (Phi) is 6.41. The first-order valence-corrected chi connectivity index (χ1v) is 9.37. The van der Waals surface area contributed by atoms with Gasteiger partial charge in [0.1, 0.15) is 11.5 Å². The summed E-state index contributed by atoms with van der Waals surface area (Å²) in [6.45, 7) is 3.56. The van der Waals surface area contributed by atoms with E-state index >= 15 is 0 Å². The molecule has 1 aromatic heterocycles. The Morgan fingerprint density at radius 3 is 2.33 bits per heavy atom. The summed E-state index contributed by atoms with van der Waals surface area (Å²) in [5.41, 5.74) is 3.77. The second kappa shape index (κ2) is 9.17. The molecule has 0 aliphatic carbocycles. The molecule has 0 fully saturated rings. The molecule has 0 aliphatic rings. The lowest BCUT2D eigenvalue weighted by molar-refractivity contribution is -0.119. The van der Waals surface area contributed by atoms with E-state index in [0.717, 1.165) is 17.1 Å². The molecule has 7 nitrogen and oxygen atoms in total. The number of carbonyl (C=O) groups excluding carboxylic acids is 2. The van der Waals surface area contributed by atoms with Crippen LogP contribution >= 0.6 is 0 Å². The Morgan fingerprint density at radius 1 is 0.933 bits per heavy atom. The van der Waals surface area contributed by atoms with Crippen LogP contribution in [0.25, 0.3) is 5.69 Å². The number of nitrogens with zero attached hydrogens (tertiary/aromatic N) is 1. The van der Waals surface area contributed by atoms with E-state index in [9.17, 15) is 9.59 Å². The van der Waals surface area contributed by atoms with Gasteiger partial charge in [-0.25, -0.2) is 4.79 Å². The van der Waals surface area contributed by atoms with Crippen molar-refractivity contribution in [3.8, 4) is 17.2 Å². The lowest BCUT2D eigenvalue weighted by atomic mass is 10.2. The number of carbonyl (C=O) groups is 2. The largest absolute Gasteiger partial charge is 0.497 e. The minimum absolute atomic E-state index is 0.367. The zero-order chi connectivity index (χ0) is 21.7. The minimum Gasteiger partial charge on any atom is -0.497 e. The maximum atomic E-state index is 12.5. The van der Waals surface area contributed by atoms with Crippen LogP contribution in [0.1, 0.15) is 21.7 Å². The average molecular weight is 408 g/mol. The molecule has 30 heavy (non-hydrogen) atoms. The van der Waals surface area contributed by atoms with Gasteiger partial charge in [-0.3, -0.25) is 4.79 Å². The highest BCUT2D eigenvalue weighted by Crippen LogP contribution is 2.28. The normalized spacial score (nSPS) is 10.4. The standard InChI is InChI=1S/C23H24N2O5/c1-15-8-9-16(2)25(15)18-7-5-6-17(12-18)23(27)30-14-22(26)24-20-13-19(28-3)10-11-21(20)29-4/h5-13H,14H2,1-4H3,(H,24,26).